The van der Waals surface area contributed by atoms with Gasteiger partial charge in [-0.25, -0.2) is 0 Å². The van der Waals surface area contributed by atoms with E-state index in [-0.39, 0.29) is 29.8 Å². The summed E-state index contributed by atoms with van der Waals surface area (Å²) in [5, 5.41) is 3.27. The molecule has 3 aromatic carbocycles. The minimum Gasteiger partial charge on any atom is -0.497 e. The average molecular weight is 412 g/mol. The molecule has 3 atom stereocenters. The van der Waals surface area contributed by atoms with Gasteiger partial charge in [-0.15, -0.1) is 0 Å². The van der Waals surface area contributed by atoms with Gasteiger partial charge in [0.1, 0.15) is 5.75 Å². The van der Waals surface area contributed by atoms with Crippen LogP contribution in [0.25, 0.3) is 0 Å². The van der Waals surface area contributed by atoms with Crippen LogP contribution < -0.4 is 15.0 Å². The quantitative estimate of drug-likeness (QED) is 0.663. The molecule has 0 fully saturated rings. The molecule has 0 aliphatic carbocycles. The molecule has 0 saturated heterocycles. The number of carbonyl (C=O) groups excluding carboxylic acids is 2. The summed E-state index contributed by atoms with van der Waals surface area (Å²) in [7, 11) is 1.62. The molecule has 0 unspecified atom stereocenters. The van der Waals surface area contributed by atoms with Gasteiger partial charge in [0, 0.05) is 22.6 Å². The van der Waals surface area contributed by atoms with Gasteiger partial charge in [0.25, 0.3) is 11.8 Å². The van der Waals surface area contributed by atoms with E-state index in [1.807, 2.05) is 77.7 Å². The van der Waals surface area contributed by atoms with Crippen LogP contribution in [0.4, 0.5) is 5.69 Å². The van der Waals surface area contributed by atoms with Crippen LogP contribution in [0.15, 0.2) is 72.8 Å². The van der Waals surface area contributed by atoms with Gasteiger partial charge in [-0.2, -0.15) is 0 Å². The van der Waals surface area contributed by atoms with Crippen molar-refractivity contribution in [3.05, 3.63) is 95.1 Å². The van der Waals surface area contributed by atoms with Crippen LogP contribution in [-0.2, 0) is 0 Å². The molecule has 5 rings (SSSR count). The molecule has 0 aromatic heterocycles. The van der Waals surface area contributed by atoms with Crippen molar-refractivity contribution in [3.63, 3.8) is 0 Å². The molecule has 0 saturated carbocycles. The summed E-state index contributed by atoms with van der Waals surface area (Å²) in [6.07, 6.45) is 0.805. The van der Waals surface area contributed by atoms with E-state index in [9.17, 15) is 9.59 Å². The molecule has 0 radical (unpaired) electrons. The maximum absolute atomic E-state index is 13.4. The first-order chi connectivity index (χ1) is 15.1. The fraction of sp³-hybridized carbons (Fsp3) is 0.231. The number of hydrogen-bond acceptors (Lipinski definition) is 3. The maximum atomic E-state index is 13.4. The lowest BCUT2D eigenvalue weighted by Crippen LogP contribution is -2.45. The number of rotatable bonds is 4. The minimum absolute atomic E-state index is 0.0123. The zero-order valence-electron chi connectivity index (χ0n) is 17.5. The Hall–Kier alpha value is -3.60. The maximum Gasteiger partial charge on any atom is 0.259 e. The number of carbonyl (C=O) groups is 2. The Morgan fingerprint density at radius 2 is 1.74 bits per heavy atom. The van der Waals surface area contributed by atoms with Gasteiger partial charge >= 0.3 is 0 Å². The van der Waals surface area contributed by atoms with Crippen LogP contribution in [0.5, 0.6) is 5.75 Å². The zero-order valence-corrected chi connectivity index (χ0v) is 17.5. The first-order valence-corrected chi connectivity index (χ1v) is 10.6. The summed E-state index contributed by atoms with van der Waals surface area (Å²) in [5.74, 6) is 0.622. The van der Waals surface area contributed by atoms with E-state index in [0.29, 0.717) is 11.3 Å². The monoisotopic (exact) mass is 412 g/mol. The Bertz CT molecular complexity index is 1160. The third-order valence-corrected chi connectivity index (χ3v) is 6.46. The predicted octanol–water partition coefficient (Wildman–Crippen LogP) is 4.91. The van der Waals surface area contributed by atoms with Crippen molar-refractivity contribution >= 4 is 17.5 Å². The summed E-state index contributed by atoms with van der Waals surface area (Å²) >= 11 is 0. The van der Waals surface area contributed by atoms with Crippen molar-refractivity contribution in [3.8, 4) is 5.75 Å². The van der Waals surface area contributed by atoms with Crippen LogP contribution in [-0.4, -0.2) is 18.9 Å². The van der Waals surface area contributed by atoms with E-state index in [2.05, 4.69) is 12.2 Å². The van der Waals surface area contributed by atoms with Crippen LogP contribution in [0, 0.1) is 5.92 Å². The molecule has 31 heavy (non-hydrogen) atoms. The van der Waals surface area contributed by atoms with Gasteiger partial charge in [-0.3, -0.25) is 9.59 Å². The summed E-state index contributed by atoms with van der Waals surface area (Å²) in [4.78, 5) is 28.4. The van der Waals surface area contributed by atoms with Crippen LogP contribution in [0.3, 0.4) is 0 Å². The van der Waals surface area contributed by atoms with Crippen molar-refractivity contribution in [2.45, 2.75) is 25.4 Å². The van der Waals surface area contributed by atoms with Gasteiger partial charge in [0.05, 0.1) is 24.9 Å². The largest absolute Gasteiger partial charge is 0.497 e. The lowest BCUT2D eigenvalue weighted by atomic mass is 9.78. The SMILES string of the molecule is CC[C@H]1[C@H]2c3ccccc3C(=O)N2c2ccc(OC)cc2[C@@H]1NC(=O)c1ccccc1. The number of anilines is 1. The summed E-state index contributed by atoms with van der Waals surface area (Å²) in [5.41, 5.74) is 4.12. The molecule has 2 aliphatic rings. The Labute approximate surface area is 181 Å². The molecule has 1 N–H and O–H groups in total. The highest BCUT2D eigenvalue weighted by molar-refractivity contribution is 6.12. The third-order valence-electron chi connectivity index (χ3n) is 6.46. The molecular formula is C26H24N2O3. The van der Waals surface area contributed by atoms with E-state index in [4.69, 9.17) is 4.74 Å². The smallest absolute Gasteiger partial charge is 0.259 e. The number of fused-ring (bicyclic) bond motifs is 5. The molecule has 2 heterocycles. The molecule has 156 valence electrons. The van der Waals surface area contributed by atoms with Crippen LogP contribution in [0.2, 0.25) is 0 Å². The van der Waals surface area contributed by atoms with Crippen molar-refractivity contribution in [2.75, 3.05) is 12.0 Å². The standard InChI is InChI=1S/C26H24N2O3/c1-3-18-23(27-25(29)16-9-5-4-6-10-16)21-15-17(31-2)13-14-22(21)28-24(18)19-11-7-8-12-20(19)26(28)30/h4-15,18,23-24H,3H2,1-2H3,(H,27,29)/t18-,23-,24+/m1/s1. The van der Waals surface area contributed by atoms with Crippen LogP contribution >= 0.6 is 0 Å². The lowest BCUT2D eigenvalue weighted by molar-refractivity contribution is 0.0905. The second-order valence-corrected chi connectivity index (χ2v) is 8.02. The van der Waals surface area contributed by atoms with E-state index in [1.54, 1.807) is 7.11 Å². The Morgan fingerprint density at radius 3 is 2.48 bits per heavy atom. The number of nitrogens with zero attached hydrogens (tertiary/aromatic N) is 1. The lowest BCUT2D eigenvalue weighted by Gasteiger charge is -2.43. The summed E-state index contributed by atoms with van der Waals surface area (Å²) in [6.45, 7) is 2.11. The Morgan fingerprint density at radius 1 is 1.00 bits per heavy atom. The summed E-state index contributed by atoms with van der Waals surface area (Å²) < 4.78 is 5.47. The van der Waals surface area contributed by atoms with Gasteiger partial charge in [0.15, 0.2) is 0 Å². The van der Waals surface area contributed by atoms with Gasteiger partial charge in [-0.1, -0.05) is 43.3 Å². The van der Waals surface area contributed by atoms with Crippen molar-refractivity contribution in [1.29, 1.82) is 0 Å². The third kappa shape index (κ3) is 3.00. The summed E-state index contributed by atoms with van der Waals surface area (Å²) in [6, 6.07) is 22.4. The number of methoxy groups -OCH3 is 1. The first kappa shape index (κ1) is 19.4. The van der Waals surface area contributed by atoms with Crippen molar-refractivity contribution < 1.29 is 14.3 Å². The minimum atomic E-state index is -0.247. The second kappa shape index (κ2) is 7.58. The average Bonchev–Trinajstić information content (AvgIpc) is 3.12. The van der Waals surface area contributed by atoms with Gasteiger partial charge in [0.2, 0.25) is 0 Å². The highest BCUT2D eigenvalue weighted by atomic mass is 16.5. The second-order valence-electron chi connectivity index (χ2n) is 8.02. The van der Waals surface area contributed by atoms with Crippen molar-refractivity contribution in [1.82, 2.24) is 5.32 Å². The molecular weight excluding hydrogens is 388 g/mol. The fourth-order valence-electron chi connectivity index (χ4n) is 5.03. The highest BCUT2D eigenvalue weighted by Crippen LogP contribution is 2.53. The Balaban J connectivity index is 1.65. The molecule has 3 aromatic rings. The molecule has 5 nitrogen and oxygen atoms in total. The Kier molecular flexibility index (Phi) is 4.74. The fourth-order valence-corrected chi connectivity index (χ4v) is 5.03. The first-order valence-electron chi connectivity index (χ1n) is 10.6. The molecule has 0 bridgehead atoms. The normalized spacial score (nSPS) is 21.2. The van der Waals surface area contributed by atoms with E-state index in [1.165, 1.54) is 0 Å². The molecule has 5 heteroatoms. The van der Waals surface area contributed by atoms with Gasteiger partial charge in [-0.05, 0) is 48.4 Å². The van der Waals surface area contributed by atoms with E-state index < -0.39 is 0 Å². The number of amides is 2. The highest BCUT2D eigenvalue weighted by Gasteiger charge is 2.49. The van der Waals surface area contributed by atoms with Crippen molar-refractivity contribution in [2.24, 2.45) is 5.92 Å². The topological polar surface area (TPSA) is 58.6 Å². The van der Waals surface area contributed by atoms with E-state index in [0.717, 1.165) is 28.8 Å². The van der Waals surface area contributed by atoms with Gasteiger partial charge < -0.3 is 15.0 Å². The number of nitrogens with one attached hydrogen (secondary N) is 1. The number of ether oxygens (including phenoxy) is 1. The molecule has 0 spiro atoms. The number of hydrogen-bond donors (Lipinski definition) is 1. The number of benzene rings is 3. The predicted molar refractivity (Wildman–Crippen MR) is 119 cm³/mol. The molecule has 2 aliphatic heterocycles. The zero-order chi connectivity index (χ0) is 21.5. The molecule has 2 amide bonds. The van der Waals surface area contributed by atoms with E-state index >= 15 is 0 Å². The van der Waals surface area contributed by atoms with Crippen LogP contribution in [0.1, 0.15) is 57.3 Å².